The van der Waals surface area contributed by atoms with Crippen LogP contribution in [-0.2, 0) is 18.3 Å². The average molecular weight is 320 g/mol. The van der Waals surface area contributed by atoms with Crippen LogP contribution in [0.3, 0.4) is 0 Å². The molecule has 3 rings (SSSR count). The minimum Gasteiger partial charge on any atom is -0.378 e. The first-order chi connectivity index (χ1) is 11.2. The normalized spacial score (nSPS) is 25.8. The lowest BCUT2D eigenvalue weighted by molar-refractivity contribution is -0.168. The van der Waals surface area contributed by atoms with Gasteiger partial charge in [-0.1, -0.05) is 6.42 Å². The molecule has 0 radical (unpaired) electrons. The van der Waals surface area contributed by atoms with Crippen molar-refractivity contribution in [2.75, 3.05) is 13.2 Å². The van der Waals surface area contributed by atoms with Crippen molar-refractivity contribution in [1.82, 2.24) is 25.4 Å². The lowest BCUT2D eigenvalue weighted by Gasteiger charge is -2.61. The number of aryl methyl sites for hydroxylation is 1. The number of rotatable bonds is 6. The summed E-state index contributed by atoms with van der Waals surface area (Å²) in [5.41, 5.74) is 0.330. The maximum Gasteiger partial charge on any atom is 0.191 e. The van der Waals surface area contributed by atoms with Gasteiger partial charge in [0.15, 0.2) is 5.96 Å². The minimum absolute atomic E-state index is 0.330. The van der Waals surface area contributed by atoms with Crippen LogP contribution in [0.5, 0.6) is 0 Å². The van der Waals surface area contributed by atoms with Crippen molar-refractivity contribution in [3.63, 3.8) is 0 Å². The minimum atomic E-state index is 0.330. The lowest BCUT2D eigenvalue weighted by Crippen LogP contribution is -2.68. The third-order valence-corrected chi connectivity index (χ3v) is 5.28. The summed E-state index contributed by atoms with van der Waals surface area (Å²) >= 11 is 0. The summed E-state index contributed by atoms with van der Waals surface area (Å²) in [5.74, 6) is 1.73. The van der Waals surface area contributed by atoms with E-state index in [0.29, 0.717) is 24.1 Å². The smallest absolute Gasteiger partial charge is 0.191 e. The SMILES string of the molecule is CCNC(=NCc1ncnn1C)NC1CC(OCC)C12CCC2. The zero-order valence-corrected chi connectivity index (χ0v) is 14.4. The highest BCUT2D eigenvalue weighted by atomic mass is 16.5. The topological polar surface area (TPSA) is 76.4 Å². The molecule has 1 aromatic rings. The molecule has 7 nitrogen and oxygen atoms in total. The summed E-state index contributed by atoms with van der Waals surface area (Å²) in [6.45, 7) is 6.35. The number of ether oxygens (including phenoxy) is 1. The number of hydrogen-bond donors (Lipinski definition) is 2. The van der Waals surface area contributed by atoms with Gasteiger partial charge in [0.05, 0.1) is 6.10 Å². The first-order valence-corrected chi connectivity index (χ1v) is 8.69. The van der Waals surface area contributed by atoms with Crippen molar-refractivity contribution in [2.45, 2.75) is 58.2 Å². The molecular formula is C16H28N6O. The highest BCUT2D eigenvalue weighted by Crippen LogP contribution is 2.57. The Labute approximate surface area is 137 Å². The number of nitrogens with one attached hydrogen (secondary N) is 2. The van der Waals surface area contributed by atoms with E-state index in [1.54, 1.807) is 11.0 Å². The standard InChI is InChI=1S/C16H28N6O/c1-4-17-15(18-10-14-19-11-20-22(14)3)21-12-9-13(23-5-2)16(12)7-6-8-16/h11-13H,4-10H2,1-3H3,(H2,17,18,21). The molecule has 1 aromatic heterocycles. The molecular weight excluding hydrogens is 292 g/mol. The lowest BCUT2D eigenvalue weighted by atomic mass is 9.51. The van der Waals surface area contributed by atoms with E-state index in [4.69, 9.17) is 4.74 Å². The second-order valence-corrected chi connectivity index (χ2v) is 6.46. The van der Waals surface area contributed by atoms with E-state index in [2.05, 4.69) is 39.6 Å². The van der Waals surface area contributed by atoms with Gasteiger partial charge in [0.1, 0.15) is 18.7 Å². The third kappa shape index (κ3) is 3.06. The van der Waals surface area contributed by atoms with E-state index in [1.165, 1.54) is 19.3 Å². The Bertz CT molecular complexity index is 551. The van der Waals surface area contributed by atoms with Crippen LogP contribution in [-0.4, -0.2) is 46.0 Å². The van der Waals surface area contributed by atoms with Gasteiger partial charge in [0, 0.05) is 31.7 Å². The molecule has 2 N–H and O–H groups in total. The molecule has 1 spiro atoms. The Morgan fingerprint density at radius 1 is 1.48 bits per heavy atom. The van der Waals surface area contributed by atoms with Crippen molar-refractivity contribution < 1.29 is 4.74 Å². The molecule has 0 saturated heterocycles. The van der Waals surface area contributed by atoms with Crippen LogP contribution in [0.4, 0.5) is 0 Å². The van der Waals surface area contributed by atoms with E-state index in [1.807, 2.05) is 7.05 Å². The number of hydrogen-bond acceptors (Lipinski definition) is 4. The molecule has 0 amide bonds. The molecule has 2 atom stereocenters. The molecule has 2 saturated carbocycles. The van der Waals surface area contributed by atoms with Gasteiger partial charge in [-0.25, -0.2) is 9.98 Å². The van der Waals surface area contributed by atoms with E-state index >= 15 is 0 Å². The van der Waals surface area contributed by atoms with E-state index in [9.17, 15) is 0 Å². The molecule has 128 valence electrons. The van der Waals surface area contributed by atoms with Crippen LogP contribution in [0.2, 0.25) is 0 Å². The Kier molecular flexibility index (Phi) is 4.84. The monoisotopic (exact) mass is 320 g/mol. The molecule has 2 aliphatic rings. The molecule has 23 heavy (non-hydrogen) atoms. The number of aliphatic imine (C=N–C) groups is 1. The highest BCUT2D eigenvalue weighted by molar-refractivity contribution is 5.80. The van der Waals surface area contributed by atoms with Gasteiger partial charge in [-0.05, 0) is 33.1 Å². The van der Waals surface area contributed by atoms with Gasteiger partial charge in [0.2, 0.25) is 0 Å². The average Bonchev–Trinajstić information content (AvgIpc) is 2.87. The number of guanidine groups is 1. The van der Waals surface area contributed by atoms with Gasteiger partial charge in [-0.2, -0.15) is 5.10 Å². The first-order valence-electron chi connectivity index (χ1n) is 8.69. The van der Waals surface area contributed by atoms with Gasteiger partial charge in [-0.3, -0.25) is 4.68 Å². The molecule has 2 fully saturated rings. The fraction of sp³-hybridized carbons (Fsp3) is 0.812. The second-order valence-electron chi connectivity index (χ2n) is 6.46. The van der Waals surface area contributed by atoms with Crippen LogP contribution in [0.1, 0.15) is 45.4 Å². The summed E-state index contributed by atoms with van der Waals surface area (Å²) in [4.78, 5) is 8.89. The Balaban J connectivity index is 1.62. The van der Waals surface area contributed by atoms with Gasteiger partial charge >= 0.3 is 0 Å². The Morgan fingerprint density at radius 3 is 2.87 bits per heavy atom. The Morgan fingerprint density at radius 2 is 2.30 bits per heavy atom. The zero-order chi connectivity index (χ0) is 16.3. The quantitative estimate of drug-likeness (QED) is 0.609. The maximum atomic E-state index is 5.92. The Hall–Kier alpha value is -1.63. The fourth-order valence-electron chi connectivity index (χ4n) is 3.74. The maximum absolute atomic E-state index is 5.92. The molecule has 0 aliphatic heterocycles. The van der Waals surface area contributed by atoms with E-state index in [0.717, 1.165) is 31.4 Å². The van der Waals surface area contributed by atoms with Crippen molar-refractivity contribution in [1.29, 1.82) is 0 Å². The van der Waals surface area contributed by atoms with Crippen molar-refractivity contribution in [3.8, 4) is 0 Å². The summed E-state index contributed by atoms with van der Waals surface area (Å²) in [5, 5.41) is 11.0. The van der Waals surface area contributed by atoms with Crippen LogP contribution < -0.4 is 10.6 Å². The van der Waals surface area contributed by atoms with Gasteiger partial charge < -0.3 is 15.4 Å². The van der Waals surface area contributed by atoms with Crippen LogP contribution in [0.15, 0.2) is 11.3 Å². The fourth-order valence-corrected chi connectivity index (χ4v) is 3.74. The highest BCUT2D eigenvalue weighted by Gasteiger charge is 2.59. The predicted octanol–water partition coefficient (Wildman–Crippen LogP) is 1.22. The summed E-state index contributed by atoms with van der Waals surface area (Å²) in [6.07, 6.45) is 6.89. The number of aromatic nitrogens is 3. The van der Waals surface area contributed by atoms with Crippen molar-refractivity contribution in [3.05, 3.63) is 12.2 Å². The van der Waals surface area contributed by atoms with Crippen LogP contribution in [0, 0.1) is 5.41 Å². The summed E-state index contributed by atoms with van der Waals surface area (Å²) in [6, 6.07) is 0.463. The third-order valence-electron chi connectivity index (χ3n) is 5.28. The predicted molar refractivity (Wildman–Crippen MR) is 89.1 cm³/mol. The number of nitrogens with zero attached hydrogens (tertiary/aromatic N) is 4. The largest absolute Gasteiger partial charge is 0.378 e. The molecule has 7 heteroatoms. The van der Waals surface area contributed by atoms with Crippen molar-refractivity contribution in [2.24, 2.45) is 17.5 Å². The molecule has 2 unspecified atom stereocenters. The molecule has 0 aromatic carbocycles. The molecule has 2 aliphatic carbocycles. The first kappa shape index (κ1) is 16.2. The zero-order valence-electron chi connectivity index (χ0n) is 14.4. The van der Waals surface area contributed by atoms with Crippen LogP contribution in [0.25, 0.3) is 0 Å². The summed E-state index contributed by atoms with van der Waals surface area (Å²) < 4.78 is 7.68. The van der Waals surface area contributed by atoms with Crippen molar-refractivity contribution >= 4 is 5.96 Å². The van der Waals surface area contributed by atoms with E-state index in [-0.39, 0.29) is 0 Å². The molecule has 1 heterocycles. The van der Waals surface area contributed by atoms with Gasteiger partial charge in [-0.15, -0.1) is 0 Å². The van der Waals surface area contributed by atoms with Gasteiger partial charge in [0.25, 0.3) is 0 Å². The summed E-state index contributed by atoms with van der Waals surface area (Å²) in [7, 11) is 1.89. The molecule has 0 bridgehead atoms. The van der Waals surface area contributed by atoms with E-state index < -0.39 is 0 Å². The van der Waals surface area contributed by atoms with Crippen LogP contribution >= 0.6 is 0 Å². The second kappa shape index (κ2) is 6.86.